The molecule has 1 fully saturated rings. The largest absolute Gasteiger partial charge is 0.424 e. The molecular formula is C10H16BN3O. The minimum absolute atomic E-state index is 0.331. The van der Waals surface area contributed by atoms with Crippen molar-refractivity contribution in [3.05, 3.63) is 24.3 Å². The van der Waals surface area contributed by atoms with E-state index in [1.165, 1.54) is 0 Å². The van der Waals surface area contributed by atoms with Crippen LogP contribution in [0.4, 0.5) is 0 Å². The molecule has 0 unspecified atom stereocenters. The second-order valence-electron chi connectivity index (χ2n) is 3.91. The van der Waals surface area contributed by atoms with E-state index >= 15 is 0 Å². The molecule has 0 aromatic carbocycles. The van der Waals surface area contributed by atoms with Gasteiger partial charge in [0.25, 0.3) is 6.92 Å². The smallest absolute Gasteiger partial charge is 0.294 e. The number of nitrogens with zero attached hydrogens (tertiary/aromatic N) is 2. The molecule has 0 bridgehead atoms. The molecule has 1 saturated heterocycles. The van der Waals surface area contributed by atoms with Crippen LogP contribution in [-0.4, -0.2) is 23.6 Å². The van der Waals surface area contributed by atoms with Gasteiger partial charge in [-0.1, -0.05) is 0 Å². The summed E-state index contributed by atoms with van der Waals surface area (Å²) >= 11 is 0. The molecular weight excluding hydrogens is 189 g/mol. The van der Waals surface area contributed by atoms with Crippen LogP contribution in [0.3, 0.4) is 0 Å². The summed E-state index contributed by atoms with van der Waals surface area (Å²) in [5.74, 6) is 1.48. The van der Waals surface area contributed by atoms with Crippen molar-refractivity contribution in [1.82, 2.24) is 9.97 Å². The van der Waals surface area contributed by atoms with E-state index in [0.29, 0.717) is 19.6 Å². The van der Waals surface area contributed by atoms with Gasteiger partial charge in [0.2, 0.25) is 0 Å². The SMILES string of the molecule is NCOB1CCC(c2ncccn2)CC1. The zero-order valence-electron chi connectivity index (χ0n) is 8.80. The first-order valence-corrected chi connectivity index (χ1v) is 5.48. The number of hydrogen-bond acceptors (Lipinski definition) is 4. The number of aromatic nitrogens is 2. The predicted octanol–water partition coefficient (Wildman–Crippen LogP) is 1.28. The van der Waals surface area contributed by atoms with Gasteiger partial charge < -0.3 is 10.4 Å². The highest BCUT2D eigenvalue weighted by atomic mass is 16.4. The maximum absolute atomic E-state index is 5.40. The van der Waals surface area contributed by atoms with E-state index in [1.54, 1.807) is 0 Å². The fourth-order valence-electron chi connectivity index (χ4n) is 2.15. The normalized spacial score (nSPS) is 18.1. The summed E-state index contributed by atoms with van der Waals surface area (Å²) in [5, 5.41) is 0. The number of nitrogens with two attached hydrogens (primary N) is 1. The Morgan fingerprint density at radius 2 is 2.00 bits per heavy atom. The first-order valence-electron chi connectivity index (χ1n) is 5.48. The molecule has 15 heavy (non-hydrogen) atoms. The van der Waals surface area contributed by atoms with Crippen molar-refractivity contribution in [3.8, 4) is 0 Å². The number of rotatable bonds is 3. The van der Waals surface area contributed by atoms with E-state index in [9.17, 15) is 0 Å². The third kappa shape index (κ3) is 2.76. The van der Waals surface area contributed by atoms with Crippen LogP contribution in [0.2, 0.25) is 12.6 Å². The van der Waals surface area contributed by atoms with Gasteiger partial charge in [0.15, 0.2) is 0 Å². The average molecular weight is 205 g/mol. The van der Waals surface area contributed by atoms with E-state index in [4.69, 9.17) is 10.4 Å². The first-order chi connectivity index (χ1) is 7.40. The summed E-state index contributed by atoms with van der Waals surface area (Å²) in [5.41, 5.74) is 5.36. The van der Waals surface area contributed by atoms with Gasteiger partial charge in [-0.15, -0.1) is 0 Å². The molecule has 0 spiro atoms. The Kier molecular flexibility index (Phi) is 3.69. The summed E-state index contributed by atoms with van der Waals surface area (Å²) in [7, 11) is 0. The Balaban J connectivity index is 1.88. The third-order valence-corrected chi connectivity index (χ3v) is 2.96. The van der Waals surface area contributed by atoms with E-state index in [-0.39, 0.29) is 0 Å². The van der Waals surface area contributed by atoms with Crippen molar-refractivity contribution in [2.24, 2.45) is 5.73 Å². The van der Waals surface area contributed by atoms with Gasteiger partial charge in [-0.25, -0.2) is 9.97 Å². The lowest BCUT2D eigenvalue weighted by Gasteiger charge is -2.24. The Hall–Kier alpha value is -0.935. The van der Waals surface area contributed by atoms with Gasteiger partial charge in [0.05, 0.1) is 6.73 Å². The lowest BCUT2D eigenvalue weighted by atomic mass is 9.54. The van der Waals surface area contributed by atoms with Gasteiger partial charge in [-0.05, 0) is 31.5 Å². The lowest BCUT2D eigenvalue weighted by Crippen LogP contribution is -2.27. The van der Waals surface area contributed by atoms with Crippen LogP contribution < -0.4 is 5.73 Å². The second-order valence-corrected chi connectivity index (χ2v) is 3.91. The first kappa shape index (κ1) is 10.6. The van der Waals surface area contributed by atoms with Crippen molar-refractivity contribution >= 4 is 6.92 Å². The van der Waals surface area contributed by atoms with Crippen molar-refractivity contribution in [3.63, 3.8) is 0 Å². The zero-order valence-corrected chi connectivity index (χ0v) is 8.80. The minimum atomic E-state index is 0.331. The van der Waals surface area contributed by atoms with Crippen LogP contribution in [0.1, 0.15) is 24.6 Å². The maximum Gasteiger partial charge on any atom is 0.294 e. The van der Waals surface area contributed by atoms with E-state index in [2.05, 4.69) is 9.97 Å². The van der Waals surface area contributed by atoms with Gasteiger partial charge in [-0.2, -0.15) is 0 Å². The van der Waals surface area contributed by atoms with Gasteiger partial charge in [0.1, 0.15) is 5.82 Å². The molecule has 0 amide bonds. The fraction of sp³-hybridized carbons (Fsp3) is 0.600. The van der Waals surface area contributed by atoms with Crippen LogP contribution in [0.15, 0.2) is 18.5 Å². The molecule has 80 valence electrons. The molecule has 0 radical (unpaired) electrons. The Bertz CT molecular complexity index is 288. The number of hydrogen-bond donors (Lipinski definition) is 1. The summed E-state index contributed by atoms with van der Waals surface area (Å²) in [6, 6.07) is 1.85. The summed E-state index contributed by atoms with van der Waals surface area (Å²) in [6.07, 6.45) is 7.97. The van der Waals surface area contributed by atoms with Crippen LogP contribution in [0.25, 0.3) is 0 Å². The molecule has 5 heteroatoms. The fourth-order valence-corrected chi connectivity index (χ4v) is 2.15. The Morgan fingerprint density at radius 1 is 1.33 bits per heavy atom. The van der Waals surface area contributed by atoms with E-state index in [1.807, 2.05) is 18.5 Å². The summed E-state index contributed by atoms with van der Waals surface area (Å²) in [6.45, 7) is 0.673. The van der Waals surface area contributed by atoms with Crippen molar-refractivity contribution in [2.45, 2.75) is 31.4 Å². The topological polar surface area (TPSA) is 61.0 Å². The molecule has 1 aromatic rings. The molecule has 0 saturated carbocycles. The molecule has 0 atom stereocenters. The molecule has 1 aromatic heterocycles. The van der Waals surface area contributed by atoms with Crippen molar-refractivity contribution in [1.29, 1.82) is 0 Å². The molecule has 0 aliphatic carbocycles. The van der Waals surface area contributed by atoms with Gasteiger partial charge in [-0.3, -0.25) is 0 Å². The summed E-state index contributed by atoms with van der Waals surface area (Å²) in [4.78, 5) is 8.59. The Morgan fingerprint density at radius 3 is 2.60 bits per heavy atom. The average Bonchev–Trinajstić information content (AvgIpc) is 2.32. The quantitative estimate of drug-likeness (QED) is 0.596. The summed E-state index contributed by atoms with van der Waals surface area (Å²) < 4.78 is 5.40. The molecule has 2 rings (SSSR count). The van der Waals surface area contributed by atoms with Crippen LogP contribution in [0, 0.1) is 0 Å². The zero-order chi connectivity index (χ0) is 10.5. The molecule has 2 N–H and O–H groups in total. The van der Waals surface area contributed by atoms with Crippen LogP contribution in [0.5, 0.6) is 0 Å². The standard InChI is InChI=1S/C10H16BN3O/c12-8-15-11-4-2-9(3-5-11)10-13-6-1-7-14-10/h1,6-7,9H,2-5,8,12H2. The molecule has 4 nitrogen and oxygen atoms in total. The highest BCUT2D eigenvalue weighted by Crippen LogP contribution is 2.31. The molecule has 2 heterocycles. The van der Waals surface area contributed by atoms with E-state index < -0.39 is 0 Å². The third-order valence-electron chi connectivity index (χ3n) is 2.96. The highest BCUT2D eigenvalue weighted by Gasteiger charge is 2.27. The van der Waals surface area contributed by atoms with Crippen molar-refractivity contribution < 1.29 is 4.65 Å². The van der Waals surface area contributed by atoms with Gasteiger partial charge in [0, 0.05) is 18.3 Å². The Labute approximate surface area is 90.4 Å². The minimum Gasteiger partial charge on any atom is -0.424 e. The second kappa shape index (κ2) is 5.23. The van der Waals surface area contributed by atoms with Crippen LogP contribution in [-0.2, 0) is 4.65 Å². The maximum atomic E-state index is 5.40. The van der Waals surface area contributed by atoms with Crippen LogP contribution >= 0.6 is 0 Å². The van der Waals surface area contributed by atoms with E-state index in [0.717, 1.165) is 31.3 Å². The van der Waals surface area contributed by atoms with Gasteiger partial charge >= 0.3 is 0 Å². The highest BCUT2D eigenvalue weighted by molar-refractivity contribution is 6.52. The molecule has 1 aliphatic rings. The predicted molar refractivity (Wildman–Crippen MR) is 59.5 cm³/mol. The van der Waals surface area contributed by atoms with Crippen molar-refractivity contribution in [2.75, 3.05) is 6.73 Å². The molecule has 1 aliphatic heterocycles. The lowest BCUT2D eigenvalue weighted by molar-refractivity contribution is 0.319. The monoisotopic (exact) mass is 205 g/mol.